The van der Waals surface area contributed by atoms with Gasteiger partial charge in [-0.2, -0.15) is 0 Å². The normalized spacial score (nSPS) is 24.9. The lowest BCUT2D eigenvalue weighted by Gasteiger charge is -2.30. The van der Waals surface area contributed by atoms with E-state index >= 15 is 0 Å². The van der Waals surface area contributed by atoms with Crippen molar-refractivity contribution in [3.8, 4) is 0 Å². The highest BCUT2D eigenvalue weighted by atomic mass is 15.1. The van der Waals surface area contributed by atoms with Gasteiger partial charge in [-0.3, -0.25) is 0 Å². The lowest BCUT2D eigenvalue weighted by Crippen LogP contribution is -2.28. The van der Waals surface area contributed by atoms with Crippen molar-refractivity contribution < 1.29 is 0 Å². The van der Waals surface area contributed by atoms with E-state index in [-0.39, 0.29) is 0 Å². The molecule has 1 N–H and O–H groups in total. The molecule has 3 nitrogen and oxygen atoms in total. The van der Waals surface area contributed by atoms with Gasteiger partial charge < -0.3 is 9.88 Å². The predicted octanol–water partition coefficient (Wildman–Crippen LogP) is 3.38. The zero-order valence-corrected chi connectivity index (χ0v) is 12.7. The van der Waals surface area contributed by atoms with Crippen molar-refractivity contribution in [2.45, 2.75) is 77.3 Å². The fourth-order valence-electron chi connectivity index (χ4n) is 4.31. The van der Waals surface area contributed by atoms with Crippen LogP contribution in [0.1, 0.15) is 75.0 Å². The highest BCUT2D eigenvalue weighted by Crippen LogP contribution is 2.46. The highest BCUT2D eigenvalue weighted by molar-refractivity contribution is 5.24. The minimum absolute atomic E-state index is 0.572. The van der Waals surface area contributed by atoms with Crippen LogP contribution in [0.4, 0.5) is 0 Å². The number of fused-ring (bicyclic) bond motifs is 1. The van der Waals surface area contributed by atoms with Crippen LogP contribution in [0.25, 0.3) is 0 Å². The summed E-state index contributed by atoms with van der Waals surface area (Å²) in [5.74, 6) is 2.20. The Balaban J connectivity index is 1.70. The molecule has 4 rings (SSSR count). The van der Waals surface area contributed by atoms with Gasteiger partial charge >= 0.3 is 0 Å². The van der Waals surface area contributed by atoms with Crippen LogP contribution in [0.15, 0.2) is 0 Å². The number of aromatic nitrogens is 2. The second kappa shape index (κ2) is 4.87. The summed E-state index contributed by atoms with van der Waals surface area (Å²) in [5, 5.41) is 3.48. The summed E-state index contributed by atoms with van der Waals surface area (Å²) < 4.78 is 2.67. The molecular formula is C17H27N3. The number of nitrogens with one attached hydrogen (secondary N) is 1. The van der Waals surface area contributed by atoms with Crippen LogP contribution in [-0.4, -0.2) is 16.1 Å². The number of rotatable bonds is 4. The SMILES string of the molecule is CCC1(Cn2c(C3CC3)nc3c2CCNC3)CCCC1. The quantitative estimate of drug-likeness (QED) is 0.911. The van der Waals surface area contributed by atoms with E-state index < -0.39 is 0 Å². The molecule has 0 saturated heterocycles. The third-order valence-electron chi connectivity index (χ3n) is 5.87. The monoisotopic (exact) mass is 273 g/mol. The molecule has 2 fully saturated rings. The first kappa shape index (κ1) is 12.9. The van der Waals surface area contributed by atoms with Crippen molar-refractivity contribution in [2.75, 3.05) is 6.54 Å². The molecule has 0 aromatic carbocycles. The van der Waals surface area contributed by atoms with E-state index in [1.54, 1.807) is 5.69 Å². The Morgan fingerprint density at radius 1 is 1.30 bits per heavy atom. The van der Waals surface area contributed by atoms with E-state index in [1.807, 2.05) is 0 Å². The average molecular weight is 273 g/mol. The summed E-state index contributed by atoms with van der Waals surface area (Å²) in [6.07, 6.45) is 11.0. The molecule has 1 aliphatic heterocycles. The Morgan fingerprint density at radius 3 is 2.80 bits per heavy atom. The summed E-state index contributed by atoms with van der Waals surface area (Å²) >= 11 is 0. The fraction of sp³-hybridized carbons (Fsp3) is 0.824. The highest BCUT2D eigenvalue weighted by Gasteiger charge is 2.37. The zero-order chi connectivity index (χ0) is 13.6. The lowest BCUT2D eigenvalue weighted by molar-refractivity contribution is 0.231. The van der Waals surface area contributed by atoms with Gasteiger partial charge in [0.05, 0.1) is 5.69 Å². The smallest absolute Gasteiger partial charge is 0.112 e. The van der Waals surface area contributed by atoms with Gasteiger partial charge in [-0.25, -0.2) is 4.98 Å². The van der Waals surface area contributed by atoms with Crippen molar-refractivity contribution in [1.82, 2.24) is 14.9 Å². The Labute approximate surface area is 122 Å². The van der Waals surface area contributed by atoms with Crippen LogP contribution in [0, 0.1) is 5.41 Å². The van der Waals surface area contributed by atoms with Crippen molar-refractivity contribution in [3.05, 3.63) is 17.2 Å². The van der Waals surface area contributed by atoms with Crippen LogP contribution in [0.5, 0.6) is 0 Å². The van der Waals surface area contributed by atoms with Gasteiger partial charge in [0.15, 0.2) is 0 Å². The number of nitrogens with zero attached hydrogens (tertiary/aromatic N) is 2. The number of hydrogen-bond donors (Lipinski definition) is 1. The second-order valence-electron chi connectivity index (χ2n) is 7.21. The standard InChI is InChI=1S/C17H27N3/c1-2-17(8-3-4-9-17)12-20-15-7-10-18-11-14(15)19-16(20)13-5-6-13/h13,18H,2-12H2,1H3. The second-order valence-corrected chi connectivity index (χ2v) is 7.21. The summed E-state index contributed by atoms with van der Waals surface area (Å²) in [6, 6.07) is 0. The third-order valence-corrected chi connectivity index (χ3v) is 5.87. The molecule has 0 spiro atoms. The Morgan fingerprint density at radius 2 is 2.10 bits per heavy atom. The Hall–Kier alpha value is -0.830. The molecule has 1 aromatic rings. The molecule has 0 bridgehead atoms. The van der Waals surface area contributed by atoms with Crippen LogP contribution < -0.4 is 5.32 Å². The molecule has 110 valence electrons. The summed E-state index contributed by atoms with van der Waals surface area (Å²) in [7, 11) is 0. The van der Waals surface area contributed by atoms with Gasteiger partial charge in [0, 0.05) is 37.7 Å². The maximum absolute atomic E-state index is 5.02. The first-order valence-corrected chi connectivity index (χ1v) is 8.60. The Kier molecular flexibility index (Phi) is 3.13. The van der Waals surface area contributed by atoms with Crippen LogP contribution >= 0.6 is 0 Å². The van der Waals surface area contributed by atoms with Crippen LogP contribution in [-0.2, 0) is 19.5 Å². The van der Waals surface area contributed by atoms with Gasteiger partial charge in [-0.15, -0.1) is 0 Å². The summed E-state index contributed by atoms with van der Waals surface area (Å²) in [6.45, 7) is 5.76. The van der Waals surface area contributed by atoms with Crippen molar-refractivity contribution in [2.24, 2.45) is 5.41 Å². The van der Waals surface area contributed by atoms with Gasteiger partial charge in [0.1, 0.15) is 5.82 Å². The average Bonchev–Trinajstić information content (AvgIpc) is 3.12. The molecule has 3 aliphatic rings. The molecule has 2 aliphatic carbocycles. The van der Waals surface area contributed by atoms with E-state index in [4.69, 9.17) is 4.98 Å². The third kappa shape index (κ3) is 2.11. The molecule has 0 radical (unpaired) electrons. The van der Waals surface area contributed by atoms with Gasteiger partial charge in [-0.05, 0) is 37.5 Å². The molecular weight excluding hydrogens is 246 g/mol. The number of imidazole rings is 1. The van der Waals surface area contributed by atoms with Gasteiger partial charge in [0.25, 0.3) is 0 Å². The van der Waals surface area contributed by atoms with Crippen LogP contribution in [0.3, 0.4) is 0 Å². The van der Waals surface area contributed by atoms with Gasteiger partial charge in [0.2, 0.25) is 0 Å². The molecule has 20 heavy (non-hydrogen) atoms. The molecule has 1 aromatic heterocycles. The fourth-order valence-corrected chi connectivity index (χ4v) is 4.31. The summed E-state index contributed by atoms with van der Waals surface area (Å²) in [5.41, 5.74) is 3.48. The first-order valence-electron chi connectivity index (χ1n) is 8.60. The van der Waals surface area contributed by atoms with E-state index in [9.17, 15) is 0 Å². The minimum Gasteiger partial charge on any atom is -0.331 e. The van der Waals surface area contributed by atoms with E-state index in [0.717, 1.165) is 19.0 Å². The van der Waals surface area contributed by atoms with E-state index in [1.165, 1.54) is 69.4 Å². The largest absolute Gasteiger partial charge is 0.331 e. The molecule has 0 unspecified atom stereocenters. The lowest BCUT2D eigenvalue weighted by atomic mass is 9.83. The Bertz CT molecular complexity index is 493. The zero-order valence-electron chi connectivity index (χ0n) is 12.7. The molecule has 0 amide bonds. The maximum Gasteiger partial charge on any atom is 0.112 e. The minimum atomic E-state index is 0.572. The van der Waals surface area contributed by atoms with Crippen LogP contribution in [0.2, 0.25) is 0 Å². The maximum atomic E-state index is 5.02. The van der Waals surface area contributed by atoms with E-state index in [0.29, 0.717) is 5.41 Å². The van der Waals surface area contributed by atoms with E-state index in [2.05, 4.69) is 16.8 Å². The molecule has 2 heterocycles. The molecule has 0 atom stereocenters. The van der Waals surface area contributed by atoms with Gasteiger partial charge in [-0.1, -0.05) is 19.8 Å². The summed E-state index contributed by atoms with van der Waals surface area (Å²) in [4.78, 5) is 5.02. The van der Waals surface area contributed by atoms with Crippen molar-refractivity contribution in [3.63, 3.8) is 0 Å². The topological polar surface area (TPSA) is 29.9 Å². The number of hydrogen-bond acceptors (Lipinski definition) is 2. The molecule has 3 heteroatoms. The van der Waals surface area contributed by atoms with Crippen molar-refractivity contribution >= 4 is 0 Å². The first-order chi connectivity index (χ1) is 9.81. The van der Waals surface area contributed by atoms with Crippen molar-refractivity contribution in [1.29, 1.82) is 0 Å². The molecule has 2 saturated carbocycles. The predicted molar refractivity (Wildman–Crippen MR) is 80.8 cm³/mol.